The molecule has 24 heavy (non-hydrogen) atoms. The van der Waals surface area contributed by atoms with Gasteiger partial charge in [0.1, 0.15) is 5.75 Å². The molecule has 0 bridgehead atoms. The first-order valence-electron chi connectivity index (χ1n) is 8.65. The van der Waals surface area contributed by atoms with Crippen LogP contribution in [-0.2, 0) is 0 Å². The van der Waals surface area contributed by atoms with Gasteiger partial charge >= 0.3 is 6.36 Å². The van der Waals surface area contributed by atoms with Crippen molar-refractivity contribution in [2.75, 3.05) is 0 Å². The van der Waals surface area contributed by atoms with E-state index in [0.717, 1.165) is 31.0 Å². The van der Waals surface area contributed by atoms with Crippen LogP contribution in [0.1, 0.15) is 51.4 Å². The van der Waals surface area contributed by atoms with Crippen LogP contribution in [0.25, 0.3) is 0 Å². The maximum absolute atomic E-state index is 12.6. The lowest BCUT2D eigenvalue weighted by Gasteiger charge is -2.43. The van der Waals surface area contributed by atoms with Crippen LogP contribution in [0.4, 0.5) is 13.2 Å². The van der Waals surface area contributed by atoms with Crippen LogP contribution in [0.5, 0.6) is 5.75 Å². The molecule has 0 amide bonds. The lowest BCUT2D eigenvalue weighted by atomic mass is 10.3. The number of halogens is 4. The van der Waals surface area contributed by atoms with Crippen molar-refractivity contribution in [3.8, 4) is 5.75 Å². The molecule has 1 nitrogen and oxygen atoms in total. The van der Waals surface area contributed by atoms with E-state index in [4.69, 9.17) is 11.6 Å². The van der Waals surface area contributed by atoms with Crippen LogP contribution >= 0.6 is 18.9 Å². The lowest BCUT2D eigenvalue weighted by Crippen LogP contribution is -2.29. The molecule has 3 rings (SSSR count). The first-order chi connectivity index (χ1) is 11.5. The van der Waals surface area contributed by atoms with E-state index in [2.05, 4.69) is 4.74 Å². The Morgan fingerprint density at radius 1 is 1.00 bits per heavy atom. The molecule has 0 aromatic heterocycles. The summed E-state index contributed by atoms with van der Waals surface area (Å²) in [6.07, 6.45) is 4.67. The Hall–Kier alpha value is -0.470. The van der Waals surface area contributed by atoms with Crippen molar-refractivity contribution in [2.24, 2.45) is 0 Å². The zero-order chi connectivity index (χ0) is 17.2. The van der Waals surface area contributed by atoms with Gasteiger partial charge in [-0.1, -0.05) is 18.9 Å². The molecular formula is C18H23ClF3OP. The first-order valence-corrected chi connectivity index (χ1v) is 11.1. The molecule has 2 saturated carbocycles. The third kappa shape index (κ3) is 3.70. The molecule has 0 radical (unpaired) electrons. The first kappa shape index (κ1) is 18.3. The van der Waals surface area contributed by atoms with Gasteiger partial charge < -0.3 is 16.3 Å². The smallest absolute Gasteiger partial charge is 0.406 e. The number of benzene rings is 1. The predicted octanol–water partition coefficient (Wildman–Crippen LogP) is 6.47. The minimum atomic E-state index is -4.66. The zero-order valence-corrected chi connectivity index (χ0v) is 15.2. The van der Waals surface area contributed by atoms with Crippen LogP contribution < -0.4 is 10.0 Å². The number of alkyl halides is 3. The fraction of sp³-hybridized carbons (Fsp3) is 0.611. The molecule has 0 N–H and O–H groups in total. The summed E-state index contributed by atoms with van der Waals surface area (Å²) >= 11 is 6.47. The van der Waals surface area contributed by atoms with Crippen molar-refractivity contribution < 1.29 is 17.9 Å². The van der Waals surface area contributed by atoms with E-state index in [9.17, 15) is 13.2 Å². The fourth-order valence-electron chi connectivity index (χ4n) is 4.52. The quantitative estimate of drug-likeness (QED) is 0.421. The third-order valence-electron chi connectivity index (χ3n) is 5.52. The summed E-state index contributed by atoms with van der Waals surface area (Å²) < 4.78 is 42.0. The highest BCUT2D eigenvalue weighted by molar-refractivity contribution is 7.87. The van der Waals surface area contributed by atoms with Crippen molar-refractivity contribution in [3.05, 3.63) is 29.9 Å². The van der Waals surface area contributed by atoms with Crippen molar-refractivity contribution in [1.29, 1.82) is 0 Å². The SMILES string of the molecule is FC(F)(F)Oc1cccc([P+]([CH-]Cl)(C2CCCC2)C2CCCC2)c1. The van der Waals surface area contributed by atoms with Gasteiger partial charge in [0.15, 0.2) is 0 Å². The van der Waals surface area contributed by atoms with Gasteiger partial charge in [-0.15, -0.1) is 13.2 Å². The normalized spacial score (nSPS) is 20.7. The topological polar surface area (TPSA) is 9.23 Å². The van der Waals surface area contributed by atoms with Gasteiger partial charge in [0.25, 0.3) is 0 Å². The maximum atomic E-state index is 12.6. The van der Waals surface area contributed by atoms with E-state index in [1.807, 2.05) is 11.7 Å². The molecule has 1 aromatic rings. The molecule has 2 fully saturated rings. The van der Waals surface area contributed by atoms with Crippen molar-refractivity contribution in [2.45, 2.75) is 69.0 Å². The molecule has 0 spiro atoms. The molecule has 2 aliphatic rings. The number of hydrogen-bond acceptors (Lipinski definition) is 1. The van der Waals surface area contributed by atoms with Crippen LogP contribution in [-0.4, -0.2) is 17.7 Å². The highest BCUT2D eigenvalue weighted by atomic mass is 35.5. The van der Waals surface area contributed by atoms with Gasteiger partial charge in [0.2, 0.25) is 0 Å². The summed E-state index contributed by atoms with van der Waals surface area (Å²) in [6.45, 7) is 0. The maximum Gasteiger partial charge on any atom is 0.573 e. The van der Waals surface area contributed by atoms with Gasteiger partial charge in [0, 0.05) is 17.4 Å². The van der Waals surface area contributed by atoms with Crippen LogP contribution in [0.15, 0.2) is 24.3 Å². The standard InChI is InChI=1S/C18H23ClF3OP/c19-13-24(15-7-1-2-8-15,16-9-3-4-10-16)17-11-5-6-14(12-17)23-18(20,21)22/h5-6,11-13,15-16H,1-4,7-10H2. The Morgan fingerprint density at radius 2 is 1.54 bits per heavy atom. The second kappa shape index (κ2) is 7.41. The third-order valence-corrected chi connectivity index (χ3v) is 11.4. The Balaban J connectivity index is 1.99. The molecule has 134 valence electrons. The summed E-state index contributed by atoms with van der Waals surface area (Å²) in [5.41, 5.74) is 2.89. The Kier molecular flexibility index (Phi) is 5.66. The van der Waals surface area contributed by atoms with Gasteiger partial charge in [-0.25, -0.2) is 0 Å². The second-order valence-electron chi connectivity index (χ2n) is 6.85. The van der Waals surface area contributed by atoms with Crippen LogP contribution in [0.2, 0.25) is 0 Å². The van der Waals surface area contributed by atoms with E-state index >= 15 is 0 Å². The van der Waals surface area contributed by atoms with Crippen LogP contribution in [0.3, 0.4) is 0 Å². The molecule has 0 atom stereocenters. The summed E-state index contributed by atoms with van der Waals surface area (Å²) in [6, 6.07) is 6.61. The summed E-state index contributed by atoms with van der Waals surface area (Å²) in [5, 5.41) is 0.984. The predicted molar refractivity (Wildman–Crippen MR) is 94.3 cm³/mol. The molecule has 6 heteroatoms. The molecule has 0 unspecified atom stereocenters. The molecular weight excluding hydrogens is 356 g/mol. The van der Waals surface area contributed by atoms with E-state index in [1.165, 1.54) is 31.7 Å². The van der Waals surface area contributed by atoms with Crippen LogP contribution in [0, 0.1) is 5.62 Å². The average molecular weight is 379 g/mol. The van der Waals surface area contributed by atoms with Crippen molar-refractivity contribution in [3.63, 3.8) is 0 Å². The van der Waals surface area contributed by atoms with Gasteiger partial charge in [-0.05, 0) is 63.5 Å². The fourth-order valence-corrected chi connectivity index (χ4v) is 10.8. The van der Waals surface area contributed by atoms with E-state index < -0.39 is 13.6 Å². The van der Waals surface area contributed by atoms with Gasteiger partial charge in [0.05, 0.1) is 5.30 Å². The zero-order valence-electron chi connectivity index (χ0n) is 13.6. The Bertz CT molecular complexity index is 535. The monoisotopic (exact) mass is 378 g/mol. The lowest BCUT2D eigenvalue weighted by molar-refractivity contribution is -0.274. The van der Waals surface area contributed by atoms with E-state index in [1.54, 1.807) is 12.1 Å². The Morgan fingerprint density at radius 3 is 2.00 bits per heavy atom. The number of ether oxygens (including phenoxy) is 1. The molecule has 0 heterocycles. The minimum absolute atomic E-state index is 0.126. The summed E-state index contributed by atoms with van der Waals surface area (Å²) in [5.74, 6) is -0.126. The van der Waals surface area contributed by atoms with Gasteiger partial charge in [-0.2, -0.15) is 0 Å². The molecule has 0 aliphatic heterocycles. The largest absolute Gasteiger partial charge is 0.573 e. The second-order valence-corrected chi connectivity index (χ2v) is 11.3. The average Bonchev–Trinajstić information content (AvgIpc) is 3.21. The van der Waals surface area contributed by atoms with E-state index in [-0.39, 0.29) is 5.75 Å². The number of hydrogen-bond donors (Lipinski definition) is 0. The summed E-state index contributed by atoms with van der Waals surface area (Å²) in [7, 11) is -1.82. The summed E-state index contributed by atoms with van der Waals surface area (Å²) in [4.78, 5) is 0. The molecule has 1 aromatic carbocycles. The Labute approximate surface area is 147 Å². The number of rotatable bonds is 5. The molecule has 0 saturated heterocycles. The highest BCUT2D eigenvalue weighted by Crippen LogP contribution is 2.75. The highest BCUT2D eigenvalue weighted by Gasteiger charge is 2.48. The molecule has 2 aliphatic carbocycles. The minimum Gasteiger partial charge on any atom is -0.406 e. The van der Waals surface area contributed by atoms with Gasteiger partial charge in [-0.3, -0.25) is 0 Å². The van der Waals surface area contributed by atoms with Crippen molar-refractivity contribution >= 4 is 24.2 Å². The van der Waals surface area contributed by atoms with E-state index in [0.29, 0.717) is 11.3 Å². The van der Waals surface area contributed by atoms with Crippen molar-refractivity contribution in [1.82, 2.24) is 0 Å².